The number of carbonyl (C=O) groups is 1. The normalized spacial score (nSPS) is 11.1. The molecular formula is C24H24Cl2N2O5S. The molecule has 0 unspecified atom stereocenters. The van der Waals surface area contributed by atoms with Gasteiger partial charge in [-0.3, -0.25) is 9.10 Å². The van der Waals surface area contributed by atoms with Gasteiger partial charge in [0.2, 0.25) is 10.0 Å². The lowest BCUT2D eigenvalue weighted by molar-refractivity contribution is 0.0947. The summed E-state index contributed by atoms with van der Waals surface area (Å²) in [7, 11) is -2.02. The van der Waals surface area contributed by atoms with Crippen LogP contribution in [0.15, 0.2) is 66.7 Å². The van der Waals surface area contributed by atoms with Crippen LogP contribution in [0, 0.1) is 0 Å². The number of anilines is 1. The van der Waals surface area contributed by atoms with Gasteiger partial charge in [-0.2, -0.15) is 0 Å². The summed E-state index contributed by atoms with van der Waals surface area (Å²) in [5.74, 6) is 1.15. The van der Waals surface area contributed by atoms with Gasteiger partial charge in [0.1, 0.15) is 18.1 Å². The fraction of sp³-hybridized carbons (Fsp3) is 0.208. The first kappa shape index (κ1) is 25.7. The molecule has 0 saturated carbocycles. The Morgan fingerprint density at radius 1 is 0.971 bits per heavy atom. The van der Waals surface area contributed by atoms with Gasteiger partial charge in [-0.25, -0.2) is 8.42 Å². The molecular weight excluding hydrogens is 499 g/mol. The van der Waals surface area contributed by atoms with E-state index in [2.05, 4.69) is 5.32 Å². The van der Waals surface area contributed by atoms with Crippen molar-refractivity contribution in [3.05, 3.63) is 87.9 Å². The summed E-state index contributed by atoms with van der Waals surface area (Å²) >= 11 is 12.1. The maximum atomic E-state index is 12.4. The molecule has 0 bridgehead atoms. The number of ether oxygens (including phenoxy) is 2. The fourth-order valence-electron chi connectivity index (χ4n) is 3.10. The van der Waals surface area contributed by atoms with Crippen molar-refractivity contribution >= 4 is 44.8 Å². The highest BCUT2D eigenvalue weighted by molar-refractivity contribution is 7.92. The number of halogens is 2. The molecule has 1 N–H and O–H groups in total. The largest absolute Gasteiger partial charge is 0.497 e. The minimum atomic E-state index is -3.61. The van der Waals surface area contributed by atoms with Gasteiger partial charge < -0.3 is 14.8 Å². The summed E-state index contributed by atoms with van der Waals surface area (Å²) < 4.78 is 36.6. The number of hydrogen-bond acceptors (Lipinski definition) is 5. The van der Waals surface area contributed by atoms with Crippen molar-refractivity contribution < 1.29 is 22.7 Å². The molecule has 3 aromatic rings. The van der Waals surface area contributed by atoms with E-state index in [1.165, 1.54) is 10.4 Å². The molecule has 7 nitrogen and oxygen atoms in total. The van der Waals surface area contributed by atoms with Gasteiger partial charge in [0.05, 0.1) is 37.2 Å². The second-order valence-electron chi connectivity index (χ2n) is 7.34. The van der Waals surface area contributed by atoms with E-state index in [-0.39, 0.29) is 17.5 Å². The van der Waals surface area contributed by atoms with Crippen LogP contribution < -0.4 is 19.1 Å². The fourth-order valence-corrected chi connectivity index (χ4v) is 4.56. The highest BCUT2D eigenvalue weighted by Crippen LogP contribution is 2.31. The average Bonchev–Trinajstić information content (AvgIpc) is 2.81. The van der Waals surface area contributed by atoms with Gasteiger partial charge in [-0.15, -0.1) is 0 Å². The first-order valence-corrected chi connectivity index (χ1v) is 12.8. The third-order valence-corrected chi connectivity index (χ3v) is 6.50. The van der Waals surface area contributed by atoms with E-state index < -0.39 is 10.0 Å². The van der Waals surface area contributed by atoms with E-state index in [0.717, 1.165) is 12.0 Å². The average molecular weight is 523 g/mol. The topological polar surface area (TPSA) is 84.9 Å². The van der Waals surface area contributed by atoms with E-state index in [1.807, 2.05) is 0 Å². The smallest absolute Gasteiger partial charge is 0.251 e. The Labute approximate surface area is 209 Å². The minimum absolute atomic E-state index is 0.0534. The standard InChI is InChI=1S/C24H24Cl2N2O5S/c1-32-20-8-10-21(11-9-20)33-14-13-27-24(29)18-5-3-17(4-6-18)16-28(34(2,30)31)23-12-7-19(25)15-22(23)26/h3-12,15H,13-14,16H2,1-2H3,(H,27,29). The summed E-state index contributed by atoms with van der Waals surface area (Å²) in [5, 5.41) is 3.43. The van der Waals surface area contributed by atoms with Gasteiger partial charge >= 0.3 is 0 Å². The van der Waals surface area contributed by atoms with Crippen molar-refractivity contribution in [1.29, 1.82) is 0 Å². The number of hydrogen-bond donors (Lipinski definition) is 1. The number of nitrogens with one attached hydrogen (secondary N) is 1. The van der Waals surface area contributed by atoms with Crippen molar-refractivity contribution in [1.82, 2.24) is 5.32 Å². The summed E-state index contributed by atoms with van der Waals surface area (Å²) in [5.41, 5.74) is 1.46. The van der Waals surface area contributed by atoms with Crippen molar-refractivity contribution in [3.8, 4) is 11.5 Å². The number of nitrogens with zero attached hydrogens (tertiary/aromatic N) is 1. The Morgan fingerprint density at radius 3 is 2.21 bits per heavy atom. The summed E-state index contributed by atoms with van der Waals surface area (Å²) in [6, 6.07) is 18.5. The zero-order chi connectivity index (χ0) is 24.7. The number of sulfonamides is 1. The SMILES string of the molecule is COc1ccc(OCCNC(=O)c2ccc(CN(c3ccc(Cl)cc3Cl)S(C)(=O)=O)cc2)cc1. The molecule has 3 rings (SSSR count). The third-order valence-electron chi connectivity index (χ3n) is 4.84. The van der Waals surface area contributed by atoms with Crippen molar-refractivity contribution in [2.45, 2.75) is 6.54 Å². The van der Waals surface area contributed by atoms with E-state index in [1.54, 1.807) is 67.8 Å². The van der Waals surface area contributed by atoms with Crippen LogP contribution in [-0.2, 0) is 16.6 Å². The highest BCUT2D eigenvalue weighted by Gasteiger charge is 2.21. The molecule has 34 heavy (non-hydrogen) atoms. The Morgan fingerprint density at radius 2 is 1.62 bits per heavy atom. The minimum Gasteiger partial charge on any atom is -0.497 e. The van der Waals surface area contributed by atoms with Crippen molar-refractivity contribution in [2.75, 3.05) is 30.8 Å². The van der Waals surface area contributed by atoms with Crippen LogP contribution >= 0.6 is 23.2 Å². The van der Waals surface area contributed by atoms with E-state index in [0.29, 0.717) is 40.7 Å². The zero-order valence-electron chi connectivity index (χ0n) is 18.6. The number of benzene rings is 3. The molecule has 0 saturated heterocycles. The predicted molar refractivity (Wildman–Crippen MR) is 135 cm³/mol. The summed E-state index contributed by atoms with van der Waals surface area (Å²) in [4.78, 5) is 12.4. The van der Waals surface area contributed by atoms with Crippen molar-refractivity contribution in [2.24, 2.45) is 0 Å². The van der Waals surface area contributed by atoms with E-state index in [9.17, 15) is 13.2 Å². The second kappa shape index (κ2) is 11.5. The first-order valence-electron chi connectivity index (χ1n) is 10.2. The maximum Gasteiger partial charge on any atom is 0.251 e. The molecule has 0 spiro atoms. The summed E-state index contributed by atoms with van der Waals surface area (Å²) in [6.45, 7) is 0.683. The monoisotopic (exact) mass is 522 g/mol. The first-order chi connectivity index (χ1) is 16.2. The van der Waals surface area contributed by atoms with Crippen LogP contribution in [0.5, 0.6) is 11.5 Å². The summed E-state index contributed by atoms with van der Waals surface area (Å²) in [6.07, 6.45) is 1.10. The Kier molecular flexibility index (Phi) is 8.66. The van der Waals surface area contributed by atoms with Crippen LogP contribution in [-0.4, -0.2) is 40.8 Å². The van der Waals surface area contributed by atoms with Crippen LogP contribution in [0.2, 0.25) is 10.0 Å². The Balaban J connectivity index is 1.57. The maximum absolute atomic E-state index is 12.4. The number of rotatable bonds is 10. The van der Waals surface area contributed by atoms with Crippen LogP contribution in [0.3, 0.4) is 0 Å². The molecule has 0 heterocycles. The number of amides is 1. The molecule has 0 aliphatic rings. The molecule has 0 aliphatic heterocycles. The van der Waals surface area contributed by atoms with Crippen LogP contribution in [0.1, 0.15) is 15.9 Å². The molecule has 10 heteroatoms. The Bertz CT molecular complexity index is 1230. The second-order valence-corrected chi connectivity index (χ2v) is 10.1. The number of methoxy groups -OCH3 is 1. The van der Waals surface area contributed by atoms with Crippen molar-refractivity contribution in [3.63, 3.8) is 0 Å². The zero-order valence-corrected chi connectivity index (χ0v) is 21.0. The molecule has 0 radical (unpaired) electrons. The van der Waals surface area contributed by atoms with Gasteiger partial charge in [-0.05, 0) is 60.2 Å². The van der Waals surface area contributed by atoms with Crippen LogP contribution in [0.4, 0.5) is 5.69 Å². The quantitative estimate of drug-likeness (QED) is 0.387. The molecule has 3 aromatic carbocycles. The lowest BCUT2D eigenvalue weighted by Crippen LogP contribution is -2.30. The third kappa shape index (κ3) is 7.03. The van der Waals surface area contributed by atoms with Gasteiger partial charge in [0.25, 0.3) is 5.91 Å². The predicted octanol–water partition coefficient (Wildman–Crippen LogP) is 4.78. The van der Waals surface area contributed by atoms with Gasteiger partial charge in [-0.1, -0.05) is 35.3 Å². The molecule has 1 amide bonds. The lowest BCUT2D eigenvalue weighted by atomic mass is 10.1. The molecule has 180 valence electrons. The molecule has 0 aromatic heterocycles. The Hall–Kier alpha value is -2.94. The lowest BCUT2D eigenvalue weighted by Gasteiger charge is -2.23. The van der Waals surface area contributed by atoms with E-state index in [4.69, 9.17) is 32.7 Å². The number of carbonyl (C=O) groups excluding carboxylic acids is 1. The van der Waals surface area contributed by atoms with Gasteiger partial charge in [0.15, 0.2) is 0 Å². The van der Waals surface area contributed by atoms with E-state index >= 15 is 0 Å². The molecule has 0 atom stereocenters. The highest BCUT2D eigenvalue weighted by atomic mass is 35.5. The van der Waals surface area contributed by atoms with Crippen LogP contribution in [0.25, 0.3) is 0 Å². The molecule has 0 fully saturated rings. The van der Waals surface area contributed by atoms with Gasteiger partial charge in [0, 0.05) is 10.6 Å². The molecule has 0 aliphatic carbocycles.